The van der Waals surface area contributed by atoms with Gasteiger partial charge < -0.3 is 9.94 Å². The summed E-state index contributed by atoms with van der Waals surface area (Å²) in [6.07, 6.45) is 2.28. The Kier molecular flexibility index (Phi) is 5.79. The molecule has 0 atom stereocenters. The van der Waals surface area contributed by atoms with E-state index in [1.165, 1.54) is 7.11 Å². The van der Waals surface area contributed by atoms with Gasteiger partial charge in [-0.15, -0.1) is 11.3 Å². The summed E-state index contributed by atoms with van der Waals surface area (Å²) in [5.41, 5.74) is 2.03. The van der Waals surface area contributed by atoms with Crippen LogP contribution in [0.25, 0.3) is 10.2 Å². The molecule has 0 radical (unpaired) electrons. The van der Waals surface area contributed by atoms with E-state index >= 15 is 0 Å². The lowest BCUT2D eigenvalue weighted by Gasteiger charge is -2.03. The Bertz CT molecular complexity index is 710. The first-order valence-corrected chi connectivity index (χ1v) is 8.75. The average Bonchev–Trinajstić information content (AvgIpc) is 2.86. The fourth-order valence-corrected chi connectivity index (χ4v) is 4.33. The van der Waals surface area contributed by atoms with Crippen molar-refractivity contribution in [2.75, 3.05) is 12.9 Å². The molecular weight excluding hydrogens is 320 g/mol. The summed E-state index contributed by atoms with van der Waals surface area (Å²) in [6.45, 7) is 4.08. The zero-order chi connectivity index (χ0) is 16.1. The van der Waals surface area contributed by atoms with Crippen molar-refractivity contribution in [3.8, 4) is 0 Å². The molecule has 0 unspecified atom stereocenters. The molecule has 0 amide bonds. The predicted molar refractivity (Wildman–Crippen MR) is 91.2 cm³/mol. The number of thiazole rings is 1. The lowest BCUT2D eigenvalue weighted by molar-refractivity contribution is -0.129. The van der Waals surface area contributed by atoms with Gasteiger partial charge in [-0.3, -0.25) is 0 Å². The third kappa shape index (κ3) is 3.78. The highest BCUT2D eigenvalue weighted by Crippen LogP contribution is 2.33. The van der Waals surface area contributed by atoms with Gasteiger partial charge in [0, 0.05) is 11.3 Å². The predicted octanol–water partition coefficient (Wildman–Crippen LogP) is 3.93. The minimum atomic E-state index is -1.12. The largest absolute Gasteiger partial charge is 0.476 e. The van der Waals surface area contributed by atoms with Crippen LogP contribution in [0.3, 0.4) is 0 Å². The number of oxime groups is 1. The molecule has 1 N–H and O–H groups in total. The minimum Gasteiger partial charge on any atom is -0.476 e. The summed E-state index contributed by atoms with van der Waals surface area (Å²) in [4.78, 5) is 20.7. The second kappa shape index (κ2) is 7.60. The van der Waals surface area contributed by atoms with Gasteiger partial charge in [-0.05, 0) is 31.0 Å². The Balaban J connectivity index is 2.49. The number of hydrogen-bond acceptors (Lipinski definition) is 6. The topological polar surface area (TPSA) is 71.8 Å². The van der Waals surface area contributed by atoms with Gasteiger partial charge in [-0.2, -0.15) is 0 Å². The smallest absolute Gasteiger partial charge is 0.358 e. The molecule has 0 saturated carbocycles. The van der Waals surface area contributed by atoms with Crippen molar-refractivity contribution in [1.29, 1.82) is 0 Å². The Labute approximate surface area is 137 Å². The number of aromatic nitrogens is 1. The van der Waals surface area contributed by atoms with Crippen LogP contribution in [0.15, 0.2) is 21.6 Å². The van der Waals surface area contributed by atoms with E-state index in [1.54, 1.807) is 29.2 Å². The number of rotatable bonds is 7. The van der Waals surface area contributed by atoms with Crippen LogP contribution in [0.2, 0.25) is 0 Å². The molecule has 1 aromatic carbocycles. The lowest BCUT2D eigenvalue weighted by Crippen LogP contribution is -2.15. The molecule has 0 saturated heterocycles. The Morgan fingerprint density at radius 1 is 1.50 bits per heavy atom. The lowest BCUT2D eigenvalue weighted by atomic mass is 10.1. The number of nitrogens with zero attached hydrogens (tertiary/aromatic N) is 2. The van der Waals surface area contributed by atoms with Gasteiger partial charge >= 0.3 is 5.97 Å². The molecule has 0 aliphatic heterocycles. The van der Waals surface area contributed by atoms with Crippen molar-refractivity contribution in [3.63, 3.8) is 0 Å². The molecule has 2 rings (SSSR count). The molecule has 1 aromatic heterocycles. The molecule has 22 heavy (non-hydrogen) atoms. The van der Waals surface area contributed by atoms with Crippen molar-refractivity contribution >= 4 is 45.0 Å². The van der Waals surface area contributed by atoms with E-state index in [-0.39, 0.29) is 5.71 Å². The first-order chi connectivity index (χ1) is 10.6. The maximum Gasteiger partial charge on any atom is 0.358 e. The highest BCUT2D eigenvalue weighted by atomic mass is 32.2. The van der Waals surface area contributed by atoms with Crippen molar-refractivity contribution < 1.29 is 14.7 Å². The van der Waals surface area contributed by atoms with E-state index in [0.717, 1.165) is 33.2 Å². The van der Waals surface area contributed by atoms with Crippen molar-refractivity contribution in [1.82, 2.24) is 4.98 Å². The van der Waals surface area contributed by atoms with Crippen LogP contribution in [0.1, 0.15) is 30.9 Å². The molecule has 0 fully saturated rings. The van der Waals surface area contributed by atoms with E-state index in [4.69, 9.17) is 0 Å². The van der Waals surface area contributed by atoms with Gasteiger partial charge in [0.2, 0.25) is 0 Å². The van der Waals surface area contributed by atoms with Crippen LogP contribution in [0, 0.1) is 6.92 Å². The number of aliphatic carboxylic acids is 1. The molecule has 5 nitrogen and oxygen atoms in total. The number of aryl methyl sites for hydroxylation is 1. The second-order valence-electron chi connectivity index (χ2n) is 4.77. The standard InChI is InChI=1S/C15H18N2O3S2/c1-4-5-6-21-15-16-12-10(13(14(18)19)17-20-3)7-9(2)8-11(12)22-15/h7-8H,4-6H2,1-3H3,(H,18,19)/b17-13-. The number of carboxylic acid groups (broad SMARTS) is 1. The first-order valence-electron chi connectivity index (χ1n) is 6.95. The fraction of sp³-hybridized carbons (Fsp3) is 0.400. The number of carbonyl (C=O) groups is 1. The summed E-state index contributed by atoms with van der Waals surface area (Å²) >= 11 is 3.29. The number of fused-ring (bicyclic) bond motifs is 1. The van der Waals surface area contributed by atoms with Crippen LogP contribution in [-0.2, 0) is 9.63 Å². The Morgan fingerprint density at radius 3 is 2.91 bits per heavy atom. The zero-order valence-corrected chi connectivity index (χ0v) is 14.4. The molecule has 0 bridgehead atoms. The van der Waals surface area contributed by atoms with Gasteiger partial charge in [-0.25, -0.2) is 9.78 Å². The van der Waals surface area contributed by atoms with Crippen LogP contribution in [0.5, 0.6) is 0 Å². The number of thioether (sulfide) groups is 1. The summed E-state index contributed by atoms with van der Waals surface area (Å²) in [5, 5.41) is 13.0. The summed E-state index contributed by atoms with van der Waals surface area (Å²) in [6, 6.07) is 3.81. The first kappa shape index (κ1) is 16.8. The normalized spacial score (nSPS) is 11.9. The minimum absolute atomic E-state index is 0.119. The molecular formula is C15H18N2O3S2. The number of carboxylic acids is 1. The zero-order valence-electron chi connectivity index (χ0n) is 12.8. The molecule has 7 heteroatoms. The maximum atomic E-state index is 11.4. The van der Waals surface area contributed by atoms with E-state index in [9.17, 15) is 9.90 Å². The van der Waals surface area contributed by atoms with Gasteiger partial charge in [0.05, 0.1) is 10.2 Å². The van der Waals surface area contributed by atoms with Gasteiger partial charge in [0.25, 0.3) is 0 Å². The van der Waals surface area contributed by atoms with E-state index in [0.29, 0.717) is 11.1 Å². The molecule has 2 aromatic rings. The fourth-order valence-electron chi connectivity index (χ4n) is 1.99. The van der Waals surface area contributed by atoms with Gasteiger partial charge in [0.1, 0.15) is 7.11 Å². The molecule has 0 aliphatic rings. The van der Waals surface area contributed by atoms with Crippen LogP contribution in [-0.4, -0.2) is 34.6 Å². The van der Waals surface area contributed by atoms with E-state index < -0.39 is 5.97 Å². The Morgan fingerprint density at radius 2 is 2.27 bits per heavy atom. The average molecular weight is 338 g/mol. The quantitative estimate of drug-likeness (QED) is 0.358. The summed E-state index contributed by atoms with van der Waals surface area (Å²) in [5.74, 6) is -0.107. The number of unbranched alkanes of at least 4 members (excludes halogenated alkanes) is 1. The van der Waals surface area contributed by atoms with Gasteiger partial charge in [0.15, 0.2) is 10.1 Å². The van der Waals surface area contributed by atoms with Gasteiger partial charge in [-0.1, -0.05) is 30.3 Å². The third-order valence-electron chi connectivity index (χ3n) is 2.98. The van der Waals surface area contributed by atoms with Crippen LogP contribution >= 0.6 is 23.1 Å². The molecule has 0 spiro atoms. The van der Waals surface area contributed by atoms with Crippen LogP contribution < -0.4 is 0 Å². The SMILES string of the molecule is CCCCSc1nc2c(/C(=N/OC)C(=O)O)cc(C)cc2s1. The highest BCUT2D eigenvalue weighted by molar-refractivity contribution is 8.01. The molecule has 118 valence electrons. The monoisotopic (exact) mass is 338 g/mol. The highest BCUT2D eigenvalue weighted by Gasteiger charge is 2.20. The van der Waals surface area contributed by atoms with Crippen molar-refractivity contribution in [2.45, 2.75) is 31.0 Å². The summed E-state index contributed by atoms with van der Waals surface area (Å²) < 4.78 is 1.93. The number of hydrogen-bond donors (Lipinski definition) is 1. The molecule has 0 aliphatic carbocycles. The van der Waals surface area contributed by atoms with E-state index in [1.807, 2.05) is 13.0 Å². The van der Waals surface area contributed by atoms with Crippen molar-refractivity contribution in [2.24, 2.45) is 5.16 Å². The van der Waals surface area contributed by atoms with Crippen molar-refractivity contribution in [3.05, 3.63) is 23.3 Å². The van der Waals surface area contributed by atoms with Crippen LogP contribution in [0.4, 0.5) is 0 Å². The van der Waals surface area contributed by atoms with E-state index in [2.05, 4.69) is 21.9 Å². The molecule has 1 heterocycles. The Hall–Kier alpha value is -1.60. The number of benzene rings is 1. The summed E-state index contributed by atoms with van der Waals surface area (Å²) in [7, 11) is 1.34. The maximum absolute atomic E-state index is 11.4. The second-order valence-corrected chi connectivity index (χ2v) is 7.14. The third-order valence-corrected chi connectivity index (χ3v) is 5.21.